The highest BCUT2D eigenvalue weighted by Crippen LogP contribution is 2.20. The number of rotatable bonds is 2. The maximum absolute atomic E-state index is 4.16. The van der Waals surface area contributed by atoms with Gasteiger partial charge in [-0.1, -0.05) is 0 Å². The lowest BCUT2D eigenvalue weighted by Gasteiger charge is -1.97. The molecule has 0 nitrogen and oxygen atoms in total. The van der Waals surface area contributed by atoms with Gasteiger partial charge in [0.05, 0.1) is 3.91 Å². The predicted molar refractivity (Wildman–Crippen MR) is 39.8 cm³/mol. The van der Waals surface area contributed by atoms with Gasteiger partial charge in [0.1, 0.15) is 0 Å². The van der Waals surface area contributed by atoms with Crippen molar-refractivity contribution in [1.29, 1.82) is 0 Å². The molecule has 0 amide bonds. The average Bonchev–Trinajstić information content (AvgIpc) is 1.65. The summed E-state index contributed by atoms with van der Waals surface area (Å²) in [5.74, 6) is 0. The van der Waals surface area contributed by atoms with Crippen LogP contribution in [0.4, 0.5) is 0 Å². The molecule has 0 atom stereocenters. The smallest absolute Gasteiger partial charge is 0.0922 e. The molecular formula is C3H8S3. The third-order valence-corrected chi connectivity index (χ3v) is 3.63. The van der Waals surface area contributed by atoms with Gasteiger partial charge in [-0.2, -0.15) is 12.6 Å². The Bertz CT molecular complexity index is 25.2. The fraction of sp³-hybridized carbons (Fsp3) is 1.00. The fourth-order valence-corrected chi connectivity index (χ4v) is 0.866. The highest BCUT2D eigenvalue weighted by atomic mass is 32.3. The second-order valence-corrected chi connectivity index (χ2v) is 4.18. The minimum Gasteiger partial charge on any atom is -0.154 e. The molecule has 0 aliphatic heterocycles. The maximum atomic E-state index is 4.16. The fourth-order valence-electron chi connectivity index (χ4n) is 0.0962. The van der Waals surface area contributed by atoms with Gasteiger partial charge >= 0.3 is 0 Å². The van der Waals surface area contributed by atoms with Crippen LogP contribution in [-0.2, 0) is 0 Å². The van der Waals surface area contributed by atoms with Crippen molar-refractivity contribution in [2.75, 3.05) is 12.5 Å². The average molecular weight is 140 g/mol. The highest BCUT2D eigenvalue weighted by molar-refractivity contribution is 8.27. The lowest BCUT2D eigenvalue weighted by atomic mass is 11.8. The van der Waals surface area contributed by atoms with Crippen LogP contribution >= 0.6 is 36.2 Å². The van der Waals surface area contributed by atoms with Crippen molar-refractivity contribution in [3.05, 3.63) is 0 Å². The van der Waals surface area contributed by atoms with Crippen molar-refractivity contribution in [2.24, 2.45) is 0 Å². The standard InChI is InChI=1S/C3H8S3/c1-5-3(4)6-2/h3-4H,1-2H3. The van der Waals surface area contributed by atoms with E-state index in [0.29, 0.717) is 3.91 Å². The predicted octanol–water partition coefficient (Wildman–Crippen LogP) is 1.93. The second kappa shape index (κ2) is 4.22. The number of thioether (sulfide) groups is 2. The molecule has 0 aromatic carbocycles. The Morgan fingerprint density at radius 2 is 1.67 bits per heavy atom. The van der Waals surface area contributed by atoms with E-state index in [0.717, 1.165) is 0 Å². The zero-order valence-corrected chi connectivity index (χ0v) is 6.37. The molecule has 0 aromatic rings. The molecule has 0 aromatic heterocycles. The van der Waals surface area contributed by atoms with E-state index in [1.54, 1.807) is 23.5 Å². The molecule has 0 aliphatic carbocycles. The molecule has 0 aliphatic rings. The Kier molecular flexibility index (Phi) is 4.95. The van der Waals surface area contributed by atoms with Gasteiger partial charge in [-0.15, -0.1) is 23.5 Å². The number of hydrogen-bond donors (Lipinski definition) is 1. The van der Waals surface area contributed by atoms with E-state index < -0.39 is 0 Å². The molecule has 38 valence electrons. The highest BCUT2D eigenvalue weighted by Gasteiger charge is 1.90. The molecule has 0 rings (SSSR count). The van der Waals surface area contributed by atoms with Crippen LogP contribution < -0.4 is 0 Å². The van der Waals surface area contributed by atoms with Crippen molar-refractivity contribution < 1.29 is 0 Å². The van der Waals surface area contributed by atoms with Crippen LogP contribution in [-0.4, -0.2) is 16.4 Å². The van der Waals surface area contributed by atoms with E-state index in [4.69, 9.17) is 0 Å². The van der Waals surface area contributed by atoms with Gasteiger partial charge in [0.2, 0.25) is 0 Å². The molecule has 6 heavy (non-hydrogen) atoms. The molecular weight excluding hydrogens is 132 g/mol. The monoisotopic (exact) mass is 140 g/mol. The van der Waals surface area contributed by atoms with E-state index in [1.807, 2.05) is 12.5 Å². The Hall–Kier alpha value is 1.05. The third-order valence-electron chi connectivity index (χ3n) is 0.403. The normalized spacial score (nSPS) is 10.0. The molecule has 3 heteroatoms. The summed E-state index contributed by atoms with van der Waals surface area (Å²) in [4.78, 5) is 0. The van der Waals surface area contributed by atoms with Gasteiger partial charge in [0, 0.05) is 0 Å². The van der Waals surface area contributed by atoms with Crippen molar-refractivity contribution >= 4 is 36.2 Å². The molecule has 0 saturated heterocycles. The Balaban J connectivity index is 2.75. The van der Waals surface area contributed by atoms with Crippen LogP contribution in [0.2, 0.25) is 0 Å². The van der Waals surface area contributed by atoms with Crippen LogP contribution in [0.3, 0.4) is 0 Å². The van der Waals surface area contributed by atoms with E-state index in [2.05, 4.69) is 12.6 Å². The largest absolute Gasteiger partial charge is 0.154 e. The van der Waals surface area contributed by atoms with Gasteiger partial charge in [0.15, 0.2) is 0 Å². The summed E-state index contributed by atoms with van der Waals surface area (Å²) in [5, 5.41) is 0. The minimum atomic E-state index is 0.463. The van der Waals surface area contributed by atoms with Crippen molar-refractivity contribution in [2.45, 2.75) is 3.91 Å². The summed E-state index contributed by atoms with van der Waals surface area (Å²) < 4.78 is 0.463. The Labute approximate surface area is 52.9 Å². The molecule has 0 spiro atoms. The third kappa shape index (κ3) is 3.25. The van der Waals surface area contributed by atoms with Crippen LogP contribution in [0, 0.1) is 0 Å². The molecule has 0 radical (unpaired) electrons. The van der Waals surface area contributed by atoms with Crippen LogP contribution in [0.25, 0.3) is 0 Å². The second-order valence-electron chi connectivity index (χ2n) is 0.778. The first-order chi connectivity index (χ1) is 2.81. The first-order valence-electron chi connectivity index (χ1n) is 1.55. The topological polar surface area (TPSA) is 0 Å². The molecule has 0 unspecified atom stereocenters. The van der Waals surface area contributed by atoms with E-state index in [-0.39, 0.29) is 0 Å². The summed E-state index contributed by atoms with van der Waals surface area (Å²) in [6.07, 6.45) is 4.10. The molecule has 0 saturated carbocycles. The molecule has 0 bridgehead atoms. The Morgan fingerprint density at radius 3 is 1.67 bits per heavy atom. The van der Waals surface area contributed by atoms with E-state index in [1.165, 1.54) is 0 Å². The zero-order chi connectivity index (χ0) is 4.99. The lowest BCUT2D eigenvalue weighted by molar-refractivity contribution is 2.06. The van der Waals surface area contributed by atoms with Gasteiger partial charge < -0.3 is 0 Å². The summed E-state index contributed by atoms with van der Waals surface area (Å²) >= 11 is 7.66. The maximum Gasteiger partial charge on any atom is 0.0922 e. The molecule has 0 heterocycles. The molecule has 0 fully saturated rings. The SMILES string of the molecule is CSC(S)SC. The van der Waals surface area contributed by atoms with Gasteiger partial charge in [0.25, 0.3) is 0 Å². The number of hydrogen-bond acceptors (Lipinski definition) is 3. The molecule has 0 N–H and O–H groups in total. The van der Waals surface area contributed by atoms with Crippen molar-refractivity contribution in [3.63, 3.8) is 0 Å². The quantitative estimate of drug-likeness (QED) is 0.460. The van der Waals surface area contributed by atoms with Gasteiger partial charge in [-0.05, 0) is 12.5 Å². The number of thiol groups is 1. The van der Waals surface area contributed by atoms with E-state index >= 15 is 0 Å². The van der Waals surface area contributed by atoms with E-state index in [9.17, 15) is 0 Å². The zero-order valence-electron chi connectivity index (χ0n) is 3.84. The first-order valence-corrected chi connectivity index (χ1v) is 4.64. The Morgan fingerprint density at radius 1 is 1.33 bits per heavy atom. The first kappa shape index (κ1) is 7.05. The summed E-state index contributed by atoms with van der Waals surface area (Å²) in [7, 11) is 0. The van der Waals surface area contributed by atoms with Crippen molar-refractivity contribution in [1.82, 2.24) is 0 Å². The van der Waals surface area contributed by atoms with Crippen LogP contribution in [0.1, 0.15) is 0 Å². The van der Waals surface area contributed by atoms with Crippen LogP contribution in [0.5, 0.6) is 0 Å². The van der Waals surface area contributed by atoms with Gasteiger partial charge in [-0.3, -0.25) is 0 Å². The summed E-state index contributed by atoms with van der Waals surface area (Å²) in [6.45, 7) is 0. The lowest BCUT2D eigenvalue weighted by Crippen LogP contribution is -1.76. The summed E-state index contributed by atoms with van der Waals surface area (Å²) in [6, 6.07) is 0. The van der Waals surface area contributed by atoms with Crippen molar-refractivity contribution in [3.8, 4) is 0 Å². The summed E-state index contributed by atoms with van der Waals surface area (Å²) in [5.41, 5.74) is 0. The minimum absolute atomic E-state index is 0.463. The van der Waals surface area contributed by atoms with Crippen LogP contribution in [0.15, 0.2) is 0 Å². The van der Waals surface area contributed by atoms with Gasteiger partial charge in [-0.25, -0.2) is 0 Å².